The second-order valence-corrected chi connectivity index (χ2v) is 1.77. The van der Waals surface area contributed by atoms with Gasteiger partial charge in [-0.25, -0.2) is 5.84 Å². The van der Waals surface area contributed by atoms with E-state index in [1.807, 2.05) is 14.0 Å². The number of aryl methyl sites for hydroxylation is 1. The van der Waals surface area contributed by atoms with Crippen LogP contribution < -0.4 is 11.3 Å². The van der Waals surface area contributed by atoms with Gasteiger partial charge in [0.05, 0.1) is 0 Å². The number of hydrazine groups is 1. The molecule has 0 radical (unpaired) electrons. The van der Waals surface area contributed by atoms with Gasteiger partial charge in [0.15, 0.2) is 0 Å². The van der Waals surface area contributed by atoms with Crippen LogP contribution >= 0.6 is 24.8 Å². The topological polar surface area (TPSA) is 68.8 Å². The molecule has 1 aromatic heterocycles. The average molecular weight is 200 g/mol. The summed E-state index contributed by atoms with van der Waals surface area (Å²) in [4.78, 5) is 0. The summed E-state index contributed by atoms with van der Waals surface area (Å²) in [5.74, 6) is 6.50. The minimum Gasteiger partial charge on any atom is -0.300 e. The second-order valence-electron chi connectivity index (χ2n) is 1.77. The van der Waals surface area contributed by atoms with Gasteiger partial charge in [-0.15, -0.1) is 35.0 Å². The van der Waals surface area contributed by atoms with Crippen molar-refractivity contribution in [1.82, 2.24) is 14.8 Å². The molecule has 0 aliphatic rings. The zero-order valence-electron chi connectivity index (χ0n) is 6.24. The van der Waals surface area contributed by atoms with Gasteiger partial charge in [0.1, 0.15) is 5.82 Å². The Morgan fingerprint density at radius 3 is 2.09 bits per heavy atom. The first-order valence-corrected chi connectivity index (χ1v) is 2.58. The van der Waals surface area contributed by atoms with Gasteiger partial charge in [-0.3, -0.25) is 9.99 Å². The molecule has 0 amide bonds. The van der Waals surface area contributed by atoms with Crippen LogP contribution in [0.3, 0.4) is 0 Å². The predicted octanol–water partition coefficient (Wildman–Crippen LogP) is 0.253. The highest BCUT2D eigenvalue weighted by molar-refractivity contribution is 5.85. The zero-order valence-corrected chi connectivity index (χ0v) is 7.87. The fourth-order valence-corrected chi connectivity index (χ4v) is 0.533. The van der Waals surface area contributed by atoms with E-state index in [0.717, 1.165) is 5.82 Å². The van der Waals surface area contributed by atoms with Gasteiger partial charge in [0.2, 0.25) is 5.95 Å². The molecule has 11 heavy (non-hydrogen) atoms. The van der Waals surface area contributed by atoms with E-state index in [9.17, 15) is 0 Å². The number of nitrogen functional groups attached to an aromatic ring is 1. The average Bonchev–Trinajstić information content (AvgIpc) is 2.15. The third kappa shape index (κ3) is 2.53. The van der Waals surface area contributed by atoms with Crippen molar-refractivity contribution in [3.05, 3.63) is 5.82 Å². The number of halogens is 2. The van der Waals surface area contributed by atoms with Crippen molar-refractivity contribution in [1.29, 1.82) is 0 Å². The van der Waals surface area contributed by atoms with E-state index < -0.39 is 0 Å². The molecule has 0 fully saturated rings. The van der Waals surface area contributed by atoms with Gasteiger partial charge >= 0.3 is 0 Å². The summed E-state index contributed by atoms with van der Waals surface area (Å²) in [7, 11) is 1.84. The Hall–Kier alpha value is -0.520. The van der Waals surface area contributed by atoms with Crippen LogP contribution in [0.25, 0.3) is 0 Å². The van der Waals surface area contributed by atoms with Crippen molar-refractivity contribution >= 4 is 30.8 Å². The predicted molar refractivity (Wildman–Crippen MR) is 48.0 cm³/mol. The van der Waals surface area contributed by atoms with E-state index in [1.54, 1.807) is 4.57 Å². The summed E-state index contributed by atoms with van der Waals surface area (Å²) < 4.78 is 1.76. The first-order chi connectivity index (χ1) is 4.25. The monoisotopic (exact) mass is 199 g/mol. The van der Waals surface area contributed by atoms with E-state index >= 15 is 0 Å². The molecule has 0 unspecified atom stereocenters. The van der Waals surface area contributed by atoms with Gasteiger partial charge in [0, 0.05) is 7.05 Å². The molecule has 1 heterocycles. The lowest BCUT2D eigenvalue weighted by atomic mass is 10.7. The molecule has 1 aromatic rings. The Morgan fingerprint density at radius 2 is 1.91 bits per heavy atom. The van der Waals surface area contributed by atoms with Crippen molar-refractivity contribution in [2.75, 3.05) is 5.43 Å². The van der Waals surface area contributed by atoms with Crippen molar-refractivity contribution in [2.24, 2.45) is 12.9 Å². The molecule has 0 spiro atoms. The highest BCUT2D eigenvalue weighted by atomic mass is 35.5. The largest absolute Gasteiger partial charge is 0.300 e. The number of aromatic nitrogens is 3. The highest BCUT2D eigenvalue weighted by Crippen LogP contribution is 1.99. The zero-order chi connectivity index (χ0) is 6.85. The maximum absolute atomic E-state index is 5.09. The number of hydrogen-bond acceptors (Lipinski definition) is 4. The van der Waals surface area contributed by atoms with E-state index in [4.69, 9.17) is 5.84 Å². The van der Waals surface area contributed by atoms with Gasteiger partial charge in [-0.05, 0) is 6.92 Å². The Labute approximate surface area is 77.2 Å². The first kappa shape index (κ1) is 13.1. The lowest BCUT2D eigenvalue weighted by Gasteiger charge is -1.96. The number of rotatable bonds is 1. The molecule has 0 bridgehead atoms. The Bertz CT molecular complexity index is 210. The molecular formula is C4H11Cl2N5. The molecular weight excluding hydrogens is 189 g/mol. The van der Waals surface area contributed by atoms with Crippen LogP contribution in [0, 0.1) is 6.92 Å². The Morgan fingerprint density at radius 1 is 1.36 bits per heavy atom. The molecule has 3 N–H and O–H groups in total. The number of nitrogens with one attached hydrogen (secondary N) is 1. The standard InChI is InChI=1S/C4H9N5.2ClH/c1-3-7-8-4(6-5)9(3)2;;/h5H2,1-2H3,(H,6,8);2*1H. The third-order valence-corrected chi connectivity index (χ3v) is 1.22. The highest BCUT2D eigenvalue weighted by Gasteiger charge is 1.99. The number of anilines is 1. The van der Waals surface area contributed by atoms with Crippen molar-refractivity contribution in [2.45, 2.75) is 6.92 Å². The van der Waals surface area contributed by atoms with Crippen molar-refractivity contribution < 1.29 is 0 Å². The molecule has 7 heteroatoms. The summed E-state index contributed by atoms with van der Waals surface area (Å²) in [6.07, 6.45) is 0. The van der Waals surface area contributed by atoms with Gasteiger partial charge in [-0.2, -0.15) is 0 Å². The number of nitrogens with zero attached hydrogens (tertiary/aromatic N) is 3. The third-order valence-electron chi connectivity index (χ3n) is 1.22. The molecule has 0 aliphatic heterocycles. The van der Waals surface area contributed by atoms with Crippen LogP contribution in [0.2, 0.25) is 0 Å². The fraction of sp³-hybridized carbons (Fsp3) is 0.500. The lowest BCUT2D eigenvalue weighted by molar-refractivity contribution is 0.859. The van der Waals surface area contributed by atoms with Crippen LogP contribution in [-0.2, 0) is 7.05 Å². The van der Waals surface area contributed by atoms with Crippen LogP contribution in [0.4, 0.5) is 5.95 Å². The molecule has 66 valence electrons. The van der Waals surface area contributed by atoms with E-state index in [2.05, 4.69) is 15.6 Å². The summed E-state index contributed by atoms with van der Waals surface area (Å²) in [6.45, 7) is 1.86. The summed E-state index contributed by atoms with van der Waals surface area (Å²) in [5, 5.41) is 7.47. The smallest absolute Gasteiger partial charge is 0.238 e. The van der Waals surface area contributed by atoms with Crippen molar-refractivity contribution in [3.8, 4) is 0 Å². The second kappa shape index (κ2) is 5.17. The normalized spacial score (nSPS) is 7.91. The van der Waals surface area contributed by atoms with Crippen molar-refractivity contribution in [3.63, 3.8) is 0 Å². The van der Waals surface area contributed by atoms with Gasteiger partial charge < -0.3 is 0 Å². The quantitative estimate of drug-likeness (QED) is 0.503. The van der Waals surface area contributed by atoms with Crippen LogP contribution in [0.5, 0.6) is 0 Å². The molecule has 0 aliphatic carbocycles. The summed E-state index contributed by atoms with van der Waals surface area (Å²) in [6, 6.07) is 0. The van der Waals surface area contributed by atoms with E-state index in [1.165, 1.54) is 0 Å². The van der Waals surface area contributed by atoms with Gasteiger partial charge in [0.25, 0.3) is 0 Å². The lowest BCUT2D eigenvalue weighted by Crippen LogP contribution is -2.11. The van der Waals surface area contributed by atoms with Crippen LogP contribution in [0.1, 0.15) is 5.82 Å². The Balaban J connectivity index is 0. The minimum absolute atomic E-state index is 0. The molecule has 0 saturated carbocycles. The van der Waals surface area contributed by atoms with Crippen LogP contribution in [-0.4, -0.2) is 14.8 Å². The maximum Gasteiger partial charge on any atom is 0.238 e. The van der Waals surface area contributed by atoms with E-state index in [-0.39, 0.29) is 24.8 Å². The number of hydrogen-bond donors (Lipinski definition) is 2. The Kier molecular flexibility index (Phi) is 6.16. The minimum atomic E-state index is 0. The molecule has 0 aromatic carbocycles. The maximum atomic E-state index is 5.09. The van der Waals surface area contributed by atoms with Gasteiger partial charge in [-0.1, -0.05) is 0 Å². The molecule has 1 rings (SSSR count). The van der Waals surface area contributed by atoms with Crippen LogP contribution in [0.15, 0.2) is 0 Å². The first-order valence-electron chi connectivity index (χ1n) is 2.58. The summed E-state index contributed by atoms with van der Waals surface area (Å²) in [5.41, 5.74) is 2.41. The molecule has 5 nitrogen and oxygen atoms in total. The molecule has 0 saturated heterocycles. The summed E-state index contributed by atoms with van der Waals surface area (Å²) >= 11 is 0. The fourth-order valence-electron chi connectivity index (χ4n) is 0.533. The van der Waals surface area contributed by atoms with E-state index in [0.29, 0.717) is 5.95 Å². The number of nitrogens with two attached hydrogens (primary N) is 1. The molecule has 0 atom stereocenters. The SMILES string of the molecule is Cc1nnc(NN)n1C.Cl.Cl.